The van der Waals surface area contributed by atoms with Gasteiger partial charge in [-0.05, 0) is 19.3 Å². The Labute approximate surface area is 136 Å². The fraction of sp³-hybridized carbons (Fsp3) is 1.00. The topological polar surface area (TPSA) is 18.5 Å². The summed E-state index contributed by atoms with van der Waals surface area (Å²) in [6.07, 6.45) is 15.4. The molecule has 0 aliphatic rings. The third-order valence-electron chi connectivity index (χ3n) is 4.75. The summed E-state index contributed by atoms with van der Waals surface area (Å²) in [4.78, 5) is 0. The Morgan fingerprint density at radius 2 is 1.29 bits per heavy atom. The molecule has 0 aromatic carbocycles. The van der Waals surface area contributed by atoms with Crippen molar-refractivity contribution in [1.29, 1.82) is 0 Å². The van der Waals surface area contributed by atoms with Crippen molar-refractivity contribution >= 4 is 10.5 Å². The molecule has 0 radical (unpaired) electrons. The number of methoxy groups -OCH3 is 1. The molecule has 0 bridgehead atoms. The van der Waals surface area contributed by atoms with Gasteiger partial charge in [0, 0.05) is 7.11 Å². The average molecular weight is 317 g/mol. The van der Waals surface area contributed by atoms with Gasteiger partial charge < -0.3 is 9.16 Å². The molecule has 0 aromatic rings. The van der Waals surface area contributed by atoms with Crippen molar-refractivity contribution in [2.24, 2.45) is 0 Å². The van der Waals surface area contributed by atoms with Crippen molar-refractivity contribution in [2.75, 3.05) is 7.11 Å². The molecule has 0 aliphatic carbocycles. The molecule has 0 rings (SSSR count). The highest BCUT2D eigenvalue weighted by Crippen LogP contribution is 2.33. The van der Waals surface area contributed by atoms with Gasteiger partial charge in [0.15, 0.2) is 0 Å². The molecule has 1 unspecified atom stereocenters. The Morgan fingerprint density at radius 3 is 1.67 bits per heavy atom. The molecule has 3 heteroatoms. The van der Waals surface area contributed by atoms with Gasteiger partial charge >= 0.3 is 0 Å². The molecular weight excluding hydrogens is 276 g/mol. The highest BCUT2D eigenvalue weighted by molar-refractivity contribution is 5.98. The molecule has 128 valence electrons. The third-order valence-corrected chi connectivity index (χ3v) is 5.57. The number of hydrogen-bond donors (Lipinski definition) is 0. The Kier molecular flexibility index (Phi) is 13.9. The van der Waals surface area contributed by atoms with Gasteiger partial charge in [-0.15, -0.1) is 0 Å². The van der Waals surface area contributed by atoms with Crippen molar-refractivity contribution in [3.63, 3.8) is 0 Å². The summed E-state index contributed by atoms with van der Waals surface area (Å²) < 4.78 is 12.1. The van der Waals surface area contributed by atoms with Crippen molar-refractivity contribution < 1.29 is 9.16 Å². The van der Waals surface area contributed by atoms with Gasteiger partial charge in [0.2, 0.25) is 0 Å². The molecule has 0 fully saturated rings. The van der Waals surface area contributed by atoms with E-state index in [-0.39, 0.29) is 11.7 Å². The predicted molar refractivity (Wildman–Crippen MR) is 97.0 cm³/mol. The molecule has 0 heterocycles. The monoisotopic (exact) mass is 316 g/mol. The summed E-state index contributed by atoms with van der Waals surface area (Å²) in [5.41, 5.74) is -0.000939. The van der Waals surface area contributed by atoms with Gasteiger partial charge in [-0.1, -0.05) is 78.6 Å². The molecule has 2 nitrogen and oxygen atoms in total. The van der Waals surface area contributed by atoms with E-state index in [0.717, 1.165) is 16.9 Å². The molecule has 0 N–H and O–H groups in total. The summed E-state index contributed by atoms with van der Waals surface area (Å²) in [7, 11) is 2.70. The van der Waals surface area contributed by atoms with E-state index in [1.165, 1.54) is 70.6 Å². The van der Waals surface area contributed by atoms with E-state index in [0.29, 0.717) is 0 Å². The van der Waals surface area contributed by atoms with Gasteiger partial charge in [-0.2, -0.15) is 0 Å². The summed E-state index contributed by atoms with van der Waals surface area (Å²) >= 11 is 0. The zero-order chi connectivity index (χ0) is 16.0. The minimum absolute atomic E-state index is 0.000939. The molecule has 0 spiro atoms. The normalized spacial score (nSPS) is 13.7. The summed E-state index contributed by atoms with van der Waals surface area (Å²) in [5, 5.41) is 0. The zero-order valence-electron chi connectivity index (χ0n) is 15.4. The molecule has 21 heavy (non-hydrogen) atoms. The predicted octanol–water partition coefficient (Wildman–Crippen LogP) is 4.78. The van der Waals surface area contributed by atoms with Crippen LogP contribution in [-0.4, -0.2) is 29.3 Å². The Morgan fingerprint density at radius 1 is 0.810 bits per heavy atom. The third kappa shape index (κ3) is 8.37. The van der Waals surface area contributed by atoms with Crippen LogP contribution in [0.15, 0.2) is 0 Å². The van der Waals surface area contributed by atoms with Gasteiger partial charge in [-0.3, -0.25) is 0 Å². The fourth-order valence-corrected chi connectivity index (χ4v) is 3.98. The fourth-order valence-electron chi connectivity index (χ4n) is 3.31. The Bertz CT molecular complexity index is 211. The standard InChI is InChI=1S/C18H40O2Si/c1-5-8-11-14-17(19-4)18(20-21,15-12-9-6-2)16-13-10-7-3/h17H,5-16H2,1-4,21H3. The van der Waals surface area contributed by atoms with Crippen LogP contribution in [-0.2, 0) is 9.16 Å². The molecule has 0 saturated heterocycles. The second-order valence-corrected chi connectivity index (χ2v) is 6.81. The van der Waals surface area contributed by atoms with Crippen LogP contribution in [0.2, 0.25) is 0 Å². The summed E-state index contributed by atoms with van der Waals surface area (Å²) in [6.45, 7) is 6.81. The quantitative estimate of drug-likeness (QED) is 0.320. The van der Waals surface area contributed by atoms with Crippen LogP contribution in [0, 0.1) is 0 Å². The van der Waals surface area contributed by atoms with Crippen LogP contribution in [0.5, 0.6) is 0 Å². The van der Waals surface area contributed by atoms with Gasteiger partial charge in [0.05, 0.1) is 11.7 Å². The van der Waals surface area contributed by atoms with Crippen LogP contribution in [0.25, 0.3) is 0 Å². The van der Waals surface area contributed by atoms with Crippen molar-refractivity contribution in [3.05, 3.63) is 0 Å². The largest absolute Gasteiger partial charge is 0.420 e. The molecule has 1 atom stereocenters. The van der Waals surface area contributed by atoms with Crippen LogP contribution < -0.4 is 0 Å². The number of rotatable bonds is 15. The van der Waals surface area contributed by atoms with E-state index >= 15 is 0 Å². The lowest BCUT2D eigenvalue weighted by Crippen LogP contribution is -2.46. The highest BCUT2D eigenvalue weighted by atomic mass is 28.2. The second-order valence-electron chi connectivity index (χ2n) is 6.40. The molecule has 0 aromatic heterocycles. The van der Waals surface area contributed by atoms with Crippen LogP contribution in [0.3, 0.4) is 0 Å². The maximum absolute atomic E-state index is 6.23. The zero-order valence-corrected chi connectivity index (χ0v) is 17.4. The van der Waals surface area contributed by atoms with Crippen LogP contribution >= 0.6 is 0 Å². The average Bonchev–Trinajstić information content (AvgIpc) is 2.51. The van der Waals surface area contributed by atoms with Crippen LogP contribution in [0.4, 0.5) is 0 Å². The van der Waals surface area contributed by atoms with Gasteiger partial charge in [0.1, 0.15) is 10.5 Å². The molecular formula is C18H40O2Si. The first-order valence-electron chi connectivity index (χ1n) is 9.28. The van der Waals surface area contributed by atoms with Crippen LogP contribution in [0.1, 0.15) is 97.8 Å². The van der Waals surface area contributed by atoms with E-state index in [1.807, 2.05) is 7.11 Å². The SMILES string of the molecule is CCCCCC(OC)C(CCCCC)(CCCCC)O[SiH3]. The maximum atomic E-state index is 6.23. The lowest BCUT2D eigenvalue weighted by Gasteiger charge is -2.40. The first-order valence-corrected chi connectivity index (χ1v) is 10.1. The summed E-state index contributed by atoms with van der Waals surface area (Å²) in [5.74, 6) is 0. The van der Waals surface area contributed by atoms with Crippen molar-refractivity contribution in [1.82, 2.24) is 0 Å². The van der Waals surface area contributed by atoms with Gasteiger partial charge in [0.25, 0.3) is 0 Å². The minimum Gasteiger partial charge on any atom is -0.420 e. The number of unbranched alkanes of at least 4 members (excludes halogenated alkanes) is 6. The molecule has 0 amide bonds. The lowest BCUT2D eigenvalue weighted by molar-refractivity contribution is -0.0885. The smallest absolute Gasteiger partial charge is 0.146 e. The maximum Gasteiger partial charge on any atom is 0.146 e. The van der Waals surface area contributed by atoms with Gasteiger partial charge in [-0.25, -0.2) is 0 Å². The minimum atomic E-state index is -0.000939. The van der Waals surface area contributed by atoms with E-state index < -0.39 is 0 Å². The first kappa shape index (κ1) is 21.1. The second kappa shape index (κ2) is 13.8. The number of hydrogen-bond acceptors (Lipinski definition) is 2. The van der Waals surface area contributed by atoms with E-state index in [2.05, 4.69) is 20.8 Å². The molecule has 0 saturated carbocycles. The van der Waals surface area contributed by atoms with E-state index in [4.69, 9.17) is 9.16 Å². The highest BCUT2D eigenvalue weighted by Gasteiger charge is 2.37. The lowest BCUT2D eigenvalue weighted by atomic mass is 9.83. The molecule has 0 aliphatic heterocycles. The first-order chi connectivity index (χ1) is 10.2. The Hall–Kier alpha value is 0.137. The van der Waals surface area contributed by atoms with Crippen molar-refractivity contribution in [3.8, 4) is 0 Å². The van der Waals surface area contributed by atoms with E-state index in [1.54, 1.807) is 0 Å². The number of ether oxygens (including phenoxy) is 1. The summed E-state index contributed by atoms with van der Waals surface area (Å²) in [6, 6.07) is 0. The van der Waals surface area contributed by atoms with E-state index in [9.17, 15) is 0 Å². The Balaban J connectivity index is 4.73. The van der Waals surface area contributed by atoms with Crippen molar-refractivity contribution in [2.45, 2.75) is 110 Å².